The maximum absolute atomic E-state index is 13.3. The SMILES string of the molecule is CCCc1nc2sc(C)c(-c3ccc(C)cc3)c2c(=O)n1CCC(C)=O. The molecule has 3 rings (SSSR count). The molecule has 0 spiro atoms. The molecular formula is C21H24N2O2S. The van der Waals surface area contributed by atoms with Crippen molar-refractivity contribution in [2.45, 2.75) is 53.5 Å². The minimum Gasteiger partial charge on any atom is -0.300 e. The van der Waals surface area contributed by atoms with E-state index in [0.29, 0.717) is 18.4 Å². The number of hydrogen-bond acceptors (Lipinski definition) is 4. The first-order valence-corrected chi connectivity index (χ1v) is 9.83. The highest BCUT2D eigenvalue weighted by molar-refractivity contribution is 7.19. The number of hydrogen-bond donors (Lipinski definition) is 0. The second kappa shape index (κ2) is 7.54. The Kier molecular flexibility index (Phi) is 5.37. The molecule has 0 saturated heterocycles. The lowest BCUT2D eigenvalue weighted by Crippen LogP contribution is -2.26. The smallest absolute Gasteiger partial charge is 0.262 e. The summed E-state index contributed by atoms with van der Waals surface area (Å²) in [5.41, 5.74) is 3.18. The van der Waals surface area contributed by atoms with E-state index in [1.165, 1.54) is 5.56 Å². The molecule has 0 saturated carbocycles. The predicted octanol–water partition coefficient (Wildman–Crippen LogP) is 4.67. The summed E-state index contributed by atoms with van der Waals surface area (Å²) in [7, 11) is 0. The first-order valence-electron chi connectivity index (χ1n) is 9.01. The van der Waals surface area contributed by atoms with E-state index in [0.717, 1.165) is 39.5 Å². The van der Waals surface area contributed by atoms with Crippen LogP contribution < -0.4 is 5.56 Å². The standard InChI is InChI=1S/C21H24N2O2S/c1-5-6-17-22-20-19(21(25)23(17)12-11-14(3)24)18(15(4)26-20)16-9-7-13(2)8-10-16/h7-10H,5-6,11-12H2,1-4H3. The number of aromatic nitrogens is 2. The number of benzene rings is 1. The summed E-state index contributed by atoms with van der Waals surface area (Å²) < 4.78 is 1.71. The van der Waals surface area contributed by atoms with Crippen molar-refractivity contribution in [2.75, 3.05) is 0 Å². The third-order valence-electron chi connectivity index (χ3n) is 4.57. The van der Waals surface area contributed by atoms with Gasteiger partial charge in [0.25, 0.3) is 5.56 Å². The monoisotopic (exact) mass is 368 g/mol. The van der Waals surface area contributed by atoms with Crippen LogP contribution in [0.4, 0.5) is 0 Å². The van der Waals surface area contributed by atoms with E-state index in [2.05, 4.69) is 38.1 Å². The van der Waals surface area contributed by atoms with E-state index in [1.807, 2.05) is 6.92 Å². The molecule has 0 fully saturated rings. The van der Waals surface area contributed by atoms with E-state index in [-0.39, 0.29) is 11.3 Å². The molecule has 0 aliphatic heterocycles. The first kappa shape index (κ1) is 18.5. The second-order valence-electron chi connectivity index (χ2n) is 6.77. The Morgan fingerprint density at radius 3 is 2.50 bits per heavy atom. The van der Waals surface area contributed by atoms with E-state index in [4.69, 9.17) is 4.98 Å². The average molecular weight is 369 g/mol. The molecule has 3 aromatic rings. The van der Waals surface area contributed by atoms with Crippen LogP contribution >= 0.6 is 11.3 Å². The Balaban J connectivity index is 2.26. The van der Waals surface area contributed by atoms with Gasteiger partial charge in [-0.2, -0.15) is 0 Å². The zero-order chi connectivity index (χ0) is 18.8. The van der Waals surface area contributed by atoms with Gasteiger partial charge in [-0.3, -0.25) is 14.2 Å². The summed E-state index contributed by atoms with van der Waals surface area (Å²) in [5, 5.41) is 0.680. The third-order valence-corrected chi connectivity index (χ3v) is 5.57. The molecule has 1 aromatic carbocycles. The lowest BCUT2D eigenvalue weighted by Gasteiger charge is -2.12. The molecule has 0 amide bonds. The lowest BCUT2D eigenvalue weighted by molar-refractivity contribution is -0.117. The molecule has 0 N–H and O–H groups in total. The van der Waals surface area contributed by atoms with Gasteiger partial charge in [0, 0.05) is 29.8 Å². The second-order valence-corrected chi connectivity index (χ2v) is 7.97. The molecule has 136 valence electrons. The summed E-state index contributed by atoms with van der Waals surface area (Å²) >= 11 is 1.57. The normalized spacial score (nSPS) is 11.2. The summed E-state index contributed by atoms with van der Waals surface area (Å²) in [6, 6.07) is 8.24. The topological polar surface area (TPSA) is 52.0 Å². The van der Waals surface area contributed by atoms with Gasteiger partial charge in [-0.1, -0.05) is 36.8 Å². The fourth-order valence-corrected chi connectivity index (χ4v) is 4.27. The highest BCUT2D eigenvalue weighted by Crippen LogP contribution is 2.35. The van der Waals surface area contributed by atoms with E-state index in [9.17, 15) is 9.59 Å². The Bertz CT molecular complexity index is 1010. The van der Waals surface area contributed by atoms with Gasteiger partial charge in [-0.05, 0) is 32.8 Å². The number of nitrogens with zero attached hydrogens (tertiary/aromatic N) is 2. The molecular weight excluding hydrogens is 344 g/mol. The van der Waals surface area contributed by atoms with Crippen molar-refractivity contribution in [2.24, 2.45) is 0 Å². The van der Waals surface area contributed by atoms with E-state index < -0.39 is 0 Å². The van der Waals surface area contributed by atoms with Crippen molar-refractivity contribution in [3.63, 3.8) is 0 Å². The maximum atomic E-state index is 13.3. The lowest BCUT2D eigenvalue weighted by atomic mass is 10.0. The number of ketones is 1. The molecule has 26 heavy (non-hydrogen) atoms. The van der Waals surface area contributed by atoms with Crippen LogP contribution in [-0.4, -0.2) is 15.3 Å². The minimum absolute atomic E-state index is 0.0281. The van der Waals surface area contributed by atoms with Gasteiger partial charge in [-0.15, -0.1) is 11.3 Å². The highest BCUT2D eigenvalue weighted by Gasteiger charge is 2.19. The van der Waals surface area contributed by atoms with Gasteiger partial charge < -0.3 is 0 Å². The van der Waals surface area contributed by atoms with Gasteiger partial charge in [0.15, 0.2) is 0 Å². The van der Waals surface area contributed by atoms with Crippen LogP contribution in [0.5, 0.6) is 0 Å². The van der Waals surface area contributed by atoms with Crippen LogP contribution in [0, 0.1) is 13.8 Å². The fourth-order valence-electron chi connectivity index (χ4n) is 3.22. The fraction of sp³-hybridized carbons (Fsp3) is 0.381. The summed E-state index contributed by atoms with van der Waals surface area (Å²) in [4.78, 5) is 31.5. The Labute approximate surface area is 157 Å². The maximum Gasteiger partial charge on any atom is 0.262 e. The van der Waals surface area contributed by atoms with Crippen molar-refractivity contribution in [3.05, 3.63) is 50.9 Å². The van der Waals surface area contributed by atoms with Crippen molar-refractivity contribution in [1.29, 1.82) is 0 Å². The molecule has 2 aromatic heterocycles. The number of carbonyl (C=O) groups excluding carboxylic acids is 1. The Morgan fingerprint density at radius 2 is 1.88 bits per heavy atom. The summed E-state index contributed by atoms with van der Waals surface area (Å²) in [6.07, 6.45) is 2.00. The Morgan fingerprint density at radius 1 is 1.19 bits per heavy atom. The number of rotatable bonds is 6. The number of aryl methyl sites for hydroxylation is 3. The molecule has 4 nitrogen and oxygen atoms in total. The van der Waals surface area contributed by atoms with Crippen LogP contribution in [0.25, 0.3) is 21.3 Å². The van der Waals surface area contributed by atoms with Crippen molar-refractivity contribution < 1.29 is 4.79 Å². The van der Waals surface area contributed by atoms with E-state index in [1.54, 1.807) is 22.8 Å². The van der Waals surface area contributed by atoms with Crippen molar-refractivity contribution in [1.82, 2.24) is 9.55 Å². The molecule has 0 bridgehead atoms. The quantitative estimate of drug-likeness (QED) is 0.635. The number of carbonyl (C=O) groups is 1. The first-order chi connectivity index (χ1) is 12.4. The van der Waals surface area contributed by atoms with Gasteiger partial charge >= 0.3 is 0 Å². The Hall–Kier alpha value is -2.27. The largest absolute Gasteiger partial charge is 0.300 e. The number of Topliss-reactive ketones (excluding diaryl/α,β-unsaturated/α-hetero) is 1. The van der Waals surface area contributed by atoms with Gasteiger partial charge in [-0.25, -0.2) is 4.98 Å². The van der Waals surface area contributed by atoms with Crippen LogP contribution in [0.2, 0.25) is 0 Å². The third kappa shape index (κ3) is 3.49. The minimum atomic E-state index is -0.0281. The molecule has 0 radical (unpaired) electrons. The van der Waals surface area contributed by atoms with Crippen molar-refractivity contribution in [3.8, 4) is 11.1 Å². The van der Waals surface area contributed by atoms with Gasteiger partial charge in [0.05, 0.1) is 5.39 Å². The van der Waals surface area contributed by atoms with Crippen LogP contribution in [0.15, 0.2) is 29.1 Å². The van der Waals surface area contributed by atoms with Crippen LogP contribution in [0.3, 0.4) is 0 Å². The number of fused-ring (bicyclic) bond motifs is 1. The predicted molar refractivity (Wildman–Crippen MR) is 108 cm³/mol. The van der Waals surface area contributed by atoms with E-state index >= 15 is 0 Å². The van der Waals surface area contributed by atoms with Gasteiger partial charge in [0.2, 0.25) is 0 Å². The zero-order valence-electron chi connectivity index (χ0n) is 15.8. The molecule has 0 aliphatic rings. The van der Waals surface area contributed by atoms with Crippen LogP contribution in [0.1, 0.15) is 43.0 Å². The summed E-state index contributed by atoms with van der Waals surface area (Å²) in [6.45, 7) is 8.12. The highest BCUT2D eigenvalue weighted by atomic mass is 32.1. The van der Waals surface area contributed by atoms with Crippen molar-refractivity contribution >= 4 is 27.3 Å². The number of thiophene rings is 1. The molecule has 0 atom stereocenters. The molecule has 2 heterocycles. The molecule has 0 aliphatic carbocycles. The zero-order valence-corrected chi connectivity index (χ0v) is 16.6. The van der Waals surface area contributed by atoms with Crippen LogP contribution in [-0.2, 0) is 17.8 Å². The summed E-state index contributed by atoms with van der Waals surface area (Å²) in [5.74, 6) is 0.864. The average Bonchev–Trinajstić information content (AvgIpc) is 2.91. The molecule has 0 unspecified atom stereocenters. The van der Waals surface area contributed by atoms with Gasteiger partial charge in [0.1, 0.15) is 16.4 Å². The molecule has 5 heteroatoms.